The molecule has 0 spiro atoms. The number of thioether (sulfide) groups is 1. The minimum absolute atomic E-state index is 0.190. The summed E-state index contributed by atoms with van der Waals surface area (Å²) in [6.45, 7) is 0. The van der Waals surface area contributed by atoms with Gasteiger partial charge < -0.3 is 4.74 Å². The molecule has 0 saturated carbocycles. The third kappa shape index (κ3) is 5.37. The van der Waals surface area contributed by atoms with Gasteiger partial charge in [0.25, 0.3) is 0 Å². The first-order valence-electron chi connectivity index (χ1n) is 9.45. The zero-order valence-corrected chi connectivity index (χ0v) is 18.2. The number of amidine groups is 1. The second-order valence-corrected chi connectivity index (χ2v) is 8.35. The van der Waals surface area contributed by atoms with Crippen LogP contribution >= 0.6 is 23.1 Å². The molecule has 4 rings (SSSR count). The Balaban J connectivity index is 1.49. The number of amides is 1. The number of hydrogen-bond donors (Lipinski definition) is 0. The van der Waals surface area contributed by atoms with Gasteiger partial charge in [-0.25, -0.2) is 9.18 Å². The standard InChI is InChI=1S/C23H16FN3O3S2/c24-17-6-3-7-18(13-17)27-21(28)15-32-23(27)26-25-14-16-5-1-2-9-20(16)30-22(29)11-10-19-8-4-12-31-19/h1-14H,15H2/b11-10+,25-14-,26-23+. The van der Waals surface area contributed by atoms with Gasteiger partial charge in [0, 0.05) is 16.5 Å². The zero-order chi connectivity index (χ0) is 22.3. The van der Waals surface area contributed by atoms with E-state index in [0.717, 1.165) is 4.88 Å². The molecule has 2 heterocycles. The molecule has 160 valence electrons. The van der Waals surface area contributed by atoms with Crippen LogP contribution in [0.4, 0.5) is 10.1 Å². The molecule has 32 heavy (non-hydrogen) atoms. The third-order valence-corrected chi connectivity index (χ3v) is 5.98. The maximum atomic E-state index is 13.6. The first-order chi connectivity index (χ1) is 15.6. The quantitative estimate of drug-likeness (QED) is 0.169. The van der Waals surface area contributed by atoms with E-state index in [0.29, 0.717) is 22.2 Å². The molecule has 0 N–H and O–H groups in total. The van der Waals surface area contributed by atoms with Crippen LogP contribution in [0.3, 0.4) is 0 Å². The number of thiophene rings is 1. The fourth-order valence-corrected chi connectivity index (χ4v) is 4.25. The van der Waals surface area contributed by atoms with Crippen molar-refractivity contribution in [2.75, 3.05) is 10.7 Å². The summed E-state index contributed by atoms with van der Waals surface area (Å²) >= 11 is 2.73. The summed E-state index contributed by atoms with van der Waals surface area (Å²) in [5, 5.41) is 10.4. The first-order valence-corrected chi connectivity index (χ1v) is 11.3. The van der Waals surface area contributed by atoms with Gasteiger partial charge in [0.15, 0.2) is 5.17 Å². The average Bonchev–Trinajstić information content (AvgIpc) is 3.43. The molecule has 0 radical (unpaired) electrons. The lowest BCUT2D eigenvalue weighted by Gasteiger charge is -2.14. The maximum absolute atomic E-state index is 13.6. The number of halogens is 1. The Morgan fingerprint density at radius 1 is 1.12 bits per heavy atom. The van der Waals surface area contributed by atoms with Crippen molar-refractivity contribution in [1.29, 1.82) is 0 Å². The van der Waals surface area contributed by atoms with Crippen LogP contribution in [-0.4, -0.2) is 29.0 Å². The van der Waals surface area contributed by atoms with Crippen LogP contribution in [0.2, 0.25) is 0 Å². The Kier molecular flexibility index (Phi) is 6.88. The lowest BCUT2D eigenvalue weighted by molar-refractivity contribution is -0.128. The number of hydrogen-bond acceptors (Lipinski definition) is 7. The number of ether oxygens (including phenoxy) is 1. The Hall–Kier alpha value is -3.56. The van der Waals surface area contributed by atoms with Crippen LogP contribution in [0.5, 0.6) is 5.75 Å². The Bertz CT molecular complexity index is 1220. The summed E-state index contributed by atoms with van der Waals surface area (Å²) in [5.74, 6) is -0.648. The topological polar surface area (TPSA) is 71.3 Å². The van der Waals surface area contributed by atoms with Gasteiger partial charge in [-0.15, -0.1) is 16.4 Å². The van der Waals surface area contributed by atoms with Crippen molar-refractivity contribution in [3.05, 3.63) is 88.4 Å². The number of benzene rings is 2. The molecule has 1 amide bonds. The van der Waals surface area contributed by atoms with Crippen LogP contribution < -0.4 is 9.64 Å². The minimum Gasteiger partial charge on any atom is -0.423 e. The highest BCUT2D eigenvalue weighted by molar-refractivity contribution is 8.15. The van der Waals surface area contributed by atoms with Crippen molar-refractivity contribution in [2.24, 2.45) is 10.2 Å². The molecule has 1 saturated heterocycles. The average molecular weight is 466 g/mol. The SMILES string of the molecule is O=C(/C=C/c1cccs1)Oc1ccccc1/C=N\N=C1\SCC(=O)N1c1cccc(F)c1. The van der Waals surface area contributed by atoms with Crippen molar-refractivity contribution in [2.45, 2.75) is 0 Å². The van der Waals surface area contributed by atoms with Gasteiger partial charge in [0.2, 0.25) is 5.91 Å². The van der Waals surface area contributed by atoms with E-state index in [1.165, 1.54) is 58.5 Å². The zero-order valence-electron chi connectivity index (χ0n) is 16.6. The van der Waals surface area contributed by atoms with E-state index in [1.54, 1.807) is 36.4 Å². The van der Waals surface area contributed by atoms with E-state index in [4.69, 9.17) is 4.74 Å². The van der Waals surface area contributed by atoms with Crippen molar-refractivity contribution < 1.29 is 18.7 Å². The van der Waals surface area contributed by atoms with E-state index >= 15 is 0 Å². The predicted octanol–water partition coefficient (Wildman–Crippen LogP) is 4.98. The summed E-state index contributed by atoms with van der Waals surface area (Å²) in [4.78, 5) is 26.7. The molecule has 1 aliphatic rings. The van der Waals surface area contributed by atoms with E-state index in [-0.39, 0.29) is 11.7 Å². The van der Waals surface area contributed by atoms with E-state index < -0.39 is 11.8 Å². The van der Waals surface area contributed by atoms with Gasteiger partial charge in [-0.1, -0.05) is 36.0 Å². The van der Waals surface area contributed by atoms with Crippen molar-refractivity contribution in [1.82, 2.24) is 0 Å². The van der Waals surface area contributed by atoms with Gasteiger partial charge in [-0.3, -0.25) is 9.69 Å². The van der Waals surface area contributed by atoms with Gasteiger partial charge >= 0.3 is 5.97 Å². The molecule has 1 fully saturated rings. The molecule has 2 aromatic carbocycles. The van der Waals surface area contributed by atoms with E-state index in [9.17, 15) is 14.0 Å². The molecule has 0 bridgehead atoms. The highest BCUT2D eigenvalue weighted by Crippen LogP contribution is 2.27. The molecular formula is C23H16FN3O3S2. The molecule has 1 aliphatic heterocycles. The lowest BCUT2D eigenvalue weighted by Crippen LogP contribution is -2.29. The molecule has 0 atom stereocenters. The van der Waals surface area contributed by atoms with Crippen LogP contribution in [0.15, 0.2) is 82.3 Å². The van der Waals surface area contributed by atoms with Crippen LogP contribution in [0.1, 0.15) is 10.4 Å². The maximum Gasteiger partial charge on any atom is 0.336 e. The predicted molar refractivity (Wildman–Crippen MR) is 127 cm³/mol. The number of esters is 1. The van der Waals surface area contributed by atoms with Crippen molar-refractivity contribution in [3.63, 3.8) is 0 Å². The monoisotopic (exact) mass is 465 g/mol. The molecule has 0 unspecified atom stereocenters. The second kappa shape index (κ2) is 10.2. The Morgan fingerprint density at radius 2 is 2.00 bits per heavy atom. The summed E-state index contributed by atoms with van der Waals surface area (Å²) in [5.41, 5.74) is 0.933. The Morgan fingerprint density at radius 3 is 2.81 bits per heavy atom. The Labute approximate surface area is 191 Å². The smallest absolute Gasteiger partial charge is 0.336 e. The summed E-state index contributed by atoms with van der Waals surface area (Å²) in [7, 11) is 0. The summed E-state index contributed by atoms with van der Waals surface area (Å²) in [6.07, 6.45) is 4.48. The molecule has 9 heteroatoms. The summed E-state index contributed by atoms with van der Waals surface area (Å²) < 4.78 is 19.0. The minimum atomic E-state index is -0.514. The highest BCUT2D eigenvalue weighted by Gasteiger charge is 2.30. The van der Waals surface area contributed by atoms with E-state index in [2.05, 4.69) is 10.2 Å². The lowest BCUT2D eigenvalue weighted by atomic mass is 10.2. The normalized spacial score (nSPS) is 15.3. The number of nitrogens with zero attached hydrogens (tertiary/aromatic N) is 3. The number of carbonyl (C=O) groups excluding carboxylic acids is 2. The van der Waals surface area contributed by atoms with Crippen molar-refractivity contribution >= 4 is 58.1 Å². The molecule has 6 nitrogen and oxygen atoms in total. The van der Waals surface area contributed by atoms with E-state index in [1.807, 2.05) is 17.5 Å². The first kappa shape index (κ1) is 21.7. The van der Waals surface area contributed by atoms with Crippen LogP contribution in [0.25, 0.3) is 6.08 Å². The van der Waals surface area contributed by atoms with Crippen LogP contribution in [-0.2, 0) is 9.59 Å². The molecule has 3 aromatic rings. The van der Waals surface area contributed by atoms with Crippen LogP contribution in [0, 0.1) is 5.82 Å². The molecule has 1 aromatic heterocycles. The highest BCUT2D eigenvalue weighted by atomic mass is 32.2. The van der Waals surface area contributed by atoms with Crippen molar-refractivity contribution in [3.8, 4) is 5.75 Å². The number of anilines is 1. The van der Waals surface area contributed by atoms with Gasteiger partial charge in [-0.05, 0) is 47.9 Å². The third-order valence-electron chi connectivity index (χ3n) is 4.23. The summed E-state index contributed by atoms with van der Waals surface area (Å²) in [6, 6.07) is 16.4. The van der Waals surface area contributed by atoms with Gasteiger partial charge in [0.05, 0.1) is 17.7 Å². The largest absolute Gasteiger partial charge is 0.423 e. The van der Waals surface area contributed by atoms with Gasteiger partial charge in [-0.2, -0.15) is 5.10 Å². The number of para-hydroxylation sites is 1. The fourth-order valence-electron chi connectivity index (χ4n) is 2.80. The van der Waals surface area contributed by atoms with Gasteiger partial charge in [0.1, 0.15) is 11.6 Å². The number of carbonyl (C=O) groups is 2. The second-order valence-electron chi connectivity index (χ2n) is 6.43. The molecule has 0 aliphatic carbocycles. The number of rotatable bonds is 6. The fraction of sp³-hybridized carbons (Fsp3) is 0.0435. The molecular weight excluding hydrogens is 449 g/mol.